The summed E-state index contributed by atoms with van der Waals surface area (Å²) in [7, 11) is 2.97. The van der Waals surface area contributed by atoms with Crippen LogP contribution in [0.3, 0.4) is 0 Å². The number of aliphatic hydroxyl groups is 1. The Morgan fingerprint density at radius 1 is 1.15 bits per heavy atom. The van der Waals surface area contributed by atoms with Crippen LogP contribution in [0.2, 0.25) is 0 Å². The quantitative estimate of drug-likeness (QED) is 0.236. The normalized spacial score (nSPS) is 28.1. The summed E-state index contributed by atoms with van der Waals surface area (Å²) in [6.45, 7) is 7.14. The number of nitrogens with one attached hydrogen (secondary N) is 1. The molecule has 12 heteroatoms. The van der Waals surface area contributed by atoms with E-state index in [-0.39, 0.29) is 23.5 Å². The molecule has 0 fully saturated rings. The first-order valence-electron chi connectivity index (χ1n) is 14.9. The van der Waals surface area contributed by atoms with E-state index in [1.807, 2.05) is 26.0 Å². The maximum atomic E-state index is 13.9. The zero-order chi connectivity index (χ0) is 33.7. The first-order valence-corrected chi connectivity index (χ1v) is 15.7. The van der Waals surface area contributed by atoms with E-state index in [1.54, 1.807) is 44.2 Å². The predicted molar refractivity (Wildman–Crippen MR) is 179 cm³/mol. The fourth-order valence-corrected chi connectivity index (χ4v) is 6.02. The molecule has 0 radical (unpaired) electrons. The molecule has 0 spiro atoms. The number of primary amides is 1. The molecule has 0 unspecified atom stereocenters. The zero-order valence-electron chi connectivity index (χ0n) is 26.7. The largest absolute Gasteiger partial charge is 0.452 e. The van der Waals surface area contributed by atoms with Crippen LogP contribution in [-0.2, 0) is 25.4 Å². The highest BCUT2D eigenvalue weighted by Crippen LogP contribution is 2.33. The second-order valence-electron chi connectivity index (χ2n) is 11.7. The fraction of sp³-hybridized carbons (Fsp3) is 0.412. The monoisotopic (exact) mass is 697 g/mol. The summed E-state index contributed by atoms with van der Waals surface area (Å²) < 4.78 is 23.8. The number of hydrogen-bond acceptors (Lipinski definition) is 9. The third-order valence-electron chi connectivity index (χ3n) is 8.13. The van der Waals surface area contributed by atoms with Crippen LogP contribution in [0.15, 0.2) is 73.4 Å². The van der Waals surface area contributed by atoms with Gasteiger partial charge < -0.3 is 34.8 Å². The van der Waals surface area contributed by atoms with Crippen molar-refractivity contribution >= 4 is 44.7 Å². The van der Waals surface area contributed by atoms with E-state index in [1.165, 1.54) is 20.3 Å². The number of fused-ring (bicyclic) bond motifs is 5. The smallest absolute Gasteiger partial charge is 0.405 e. The number of nitrogens with two attached hydrogens (primary N) is 1. The molecule has 2 bridgehead atoms. The highest BCUT2D eigenvalue weighted by Gasteiger charge is 2.30. The number of carbonyl (C=O) groups excluding carboxylic acids is 2. The first-order chi connectivity index (χ1) is 21.8. The molecular formula is C34H40BrN3O8. The minimum absolute atomic E-state index is 0.0628. The van der Waals surface area contributed by atoms with Crippen LogP contribution in [0.4, 0.5) is 10.5 Å². The Morgan fingerprint density at radius 3 is 2.57 bits per heavy atom. The van der Waals surface area contributed by atoms with Gasteiger partial charge in [-0.3, -0.25) is 9.59 Å². The van der Waals surface area contributed by atoms with Crippen LogP contribution < -0.4 is 16.5 Å². The number of amides is 2. The summed E-state index contributed by atoms with van der Waals surface area (Å²) in [5, 5.41) is 14.1. The molecule has 46 heavy (non-hydrogen) atoms. The molecular weight excluding hydrogens is 658 g/mol. The van der Waals surface area contributed by atoms with Crippen LogP contribution >= 0.6 is 15.9 Å². The van der Waals surface area contributed by atoms with E-state index in [9.17, 15) is 19.5 Å². The summed E-state index contributed by atoms with van der Waals surface area (Å²) in [4.78, 5) is 43.7. The van der Waals surface area contributed by atoms with E-state index in [2.05, 4.69) is 21.2 Å². The number of aliphatic hydroxyl groups excluding tert-OH is 1. The molecule has 4 N–H and O–H groups in total. The van der Waals surface area contributed by atoms with Crippen LogP contribution in [0.25, 0.3) is 22.6 Å². The zero-order valence-corrected chi connectivity index (χ0v) is 28.3. The maximum Gasteiger partial charge on any atom is 0.405 e. The minimum Gasteiger partial charge on any atom is -0.452 e. The molecule has 0 saturated carbocycles. The van der Waals surface area contributed by atoms with E-state index < -0.39 is 42.3 Å². The van der Waals surface area contributed by atoms with Gasteiger partial charge in [-0.1, -0.05) is 54.1 Å². The lowest BCUT2D eigenvalue weighted by Crippen LogP contribution is -2.37. The summed E-state index contributed by atoms with van der Waals surface area (Å²) in [6.07, 6.45) is 3.03. The van der Waals surface area contributed by atoms with E-state index in [4.69, 9.17) is 29.3 Å². The summed E-state index contributed by atoms with van der Waals surface area (Å²) in [5.74, 6) is -0.748. The number of anilines is 1. The number of methoxy groups -OCH3 is 2. The molecule has 0 aromatic heterocycles. The average Bonchev–Trinajstić information content (AvgIpc) is 3.01. The number of carbonyl (C=O) groups is 2. The van der Waals surface area contributed by atoms with Gasteiger partial charge in [0.2, 0.25) is 5.43 Å². The Hall–Kier alpha value is -3.84. The van der Waals surface area contributed by atoms with Crippen molar-refractivity contribution in [2.75, 3.05) is 19.5 Å². The molecule has 3 aliphatic rings. The van der Waals surface area contributed by atoms with Crippen LogP contribution in [0.5, 0.6) is 0 Å². The fourth-order valence-electron chi connectivity index (χ4n) is 5.67. The molecule has 0 saturated heterocycles. The topological polar surface area (TPSA) is 163 Å². The van der Waals surface area contributed by atoms with Gasteiger partial charge >= 0.3 is 6.09 Å². The van der Waals surface area contributed by atoms with Crippen LogP contribution in [0, 0.1) is 11.8 Å². The summed E-state index contributed by atoms with van der Waals surface area (Å²) in [6, 6.07) is 6.93. The Balaban J connectivity index is 1.86. The Labute approximate surface area is 276 Å². The van der Waals surface area contributed by atoms with Gasteiger partial charge in [-0.25, -0.2) is 9.78 Å². The standard InChI is InChI=1S/C34H40BrN3O8/c1-17-12-22-30(40)24(16-25-32(22)45-26-11-10-21(35)15-23(26)37-25)38-33(41)18(2)8-7-9-27(43-5)31(46-34(36)42)20(4)14-19(3)29(39)28(13-17)44-6/h7-11,14-17,19,27-29,31,39H,12-13H2,1-6H3,(H2,36,42)(H,38,41)/b9-7+,18-8+,20-14-/t17-,19+,27+,28-,29+,31-/m1/s1. The van der Waals surface area contributed by atoms with Crippen molar-refractivity contribution in [3.63, 3.8) is 0 Å². The van der Waals surface area contributed by atoms with Crippen molar-refractivity contribution in [2.24, 2.45) is 17.6 Å². The summed E-state index contributed by atoms with van der Waals surface area (Å²) >= 11 is 3.46. The van der Waals surface area contributed by atoms with E-state index >= 15 is 0 Å². The second kappa shape index (κ2) is 15.2. The lowest BCUT2D eigenvalue weighted by Gasteiger charge is -2.29. The van der Waals surface area contributed by atoms with E-state index in [0.29, 0.717) is 45.7 Å². The maximum absolute atomic E-state index is 13.9. The number of ether oxygens (including phenoxy) is 3. The van der Waals surface area contributed by atoms with Crippen LogP contribution in [-0.4, -0.2) is 60.7 Å². The van der Waals surface area contributed by atoms with Crippen molar-refractivity contribution < 1.29 is 33.3 Å². The van der Waals surface area contributed by atoms with Crippen molar-refractivity contribution in [1.29, 1.82) is 0 Å². The van der Waals surface area contributed by atoms with E-state index in [0.717, 1.165) is 4.47 Å². The van der Waals surface area contributed by atoms with Crippen molar-refractivity contribution in [1.82, 2.24) is 4.98 Å². The van der Waals surface area contributed by atoms with Crippen molar-refractivity contribution in [2.45, 2.75) is 65.0 Å². The molecule has 1 aliphatic carbocycles. The molecule has 1 aromatic rings. The van der Waals surface area contributed by atoms with Gasteiger partial charge in [-0.2, -0.15) is 0 Å². The molecule has 2 aliphatic heterocycles. The predicted octanol–water partition coefficient (Wildman–Crippen LogP) is 5.52. The number of aromatic nitrogens is 1. The minimum atomic E-state index is -0.987. The number of hydrogen-bond donors (Lipinski definition) is 3. The molecule has 2 heterocycles. The number of benzene rings is 2. The highest BCUT2D eigenvalue weighted by atomic mass is 79.9. The average molecular weight is 699 g/mol. The third kappa shape index (κ3) is 8.11. The Morgan fingerprint density at radius 2 is 1.89 bits per heavy atom. The Bertz CT molecular complexity index is 1710. The lowest BCUT2D eigenvalue weighted by molar-refractivity contribution is -0.112. The Kier molecular flexibility index (Phi) is 11.5. The number of nitrogens with zero attached hydrogens (tertiary/aromatic N) is 1. The molecule has 4 rings (SSSR count). The summed E-state index contributed by atoms with van der Waals surface area (Å²) in [5.41, 5.74) is 7.82. The first kappa shape index (κ1) is 35.0. The SMILES string of the molecule is CO[C@H]1/C=C/C=C(\C)C(=O)Nc2cc3nc4cc(Br)ccc4oc-3c(c2=O)C[C@@H](C)C[C@@H](OC)[C@@H](O)[C@@H](C)/C=C(/C)[C@H]1OC(N)=O. The van der Waals surface area contributed by atoms with Gasteiger partial charge in [0, 0.05) is 35.7 Å². The van der Waals surface area contributed by atoms with Gasteiger partial charge in [-0.15, -0.1) is 0 Å². The number of rotatable bonds is 3. The van der Waals surface area contributed by atoms with Gasteiger partial charge in [-0.05, 0) is 62.4 Å². The highest BCUT2D eigenvalue weighted by molar-refractivity contribution is 9.10. The number of allylic oxidation sites excluding steroid dienone is 2. The van der Waals surface area contributed by atoms with Gasteiger partial charge in [0.25, 0.3) is 5.91 Å². The van der Waals surface area contributed by atoms with Gasteiger partial charge in [0.1, 0.15) is 17.3 Å². The second-order valence-corrected chi connectivity index (χ2v) is 12.6. The molecule has 11 nitrogen and oxygen atoms in total. The van der Waals surface area contributed by atoms with Crippen molar-refractivity contribution in [3.05, 3.63) is 80.0 Å². The van der Waals surface area contributed by atoms with Crippen LogP contribution in [0.1, 0.15) is 39.7 Å². The molecule has 246 valence electrons. The van der Waals surface area contributed by atoms with Crippen molar-refractivity contribution in [3.8, 4) is 11.5 Å². The number of halogens is 1. The van der Waals surface area contributed by atoms with Gasteiger partial charge in [0.15, 0.2) is 17.4 Å². The molecule has 1 aromatic carbocycles. The third-order valence-corrected chi connectivity index (χ3v) is 8.62. The molecule has 6 atom stereocenters. The molecule has 2 amide bonds. The van der Waals surface area contributed by atoms with Gasteiger partial charge in [0.05, 0.1) is 17.9 Å². The lowest BCUT2D eigenvalue weighted by atomic mass is 9.87.